The zero-order chi connectivity index (χ0) is 39.9. The van der Waals surface area contributed by atoms with Gasteiger partial charge in [0.1, 0.15) is 0 Å². The molecule has 0 radical (unpaired) electrons. The van der Waals surface area contributed by atoms with Gasteiger partial charge in [0.15, 0.2) is 0 Å². The highest BCUT2D eigenvalue weighted by molar-refractivity contribution is 8.07. The quantitative estimate of drug-likeness (QED) is 0.144. The SMILES string of the molecule is CC/C=C(\C1=C(C)SC2=CC=CC(C)C21)c1ccc(N(c2ccc(-c3ccccc3)cc2)c2ccc(C3(c4ccccc4)c4ccccc4-c4ccccc43)cc2)cc1. The van der Waals surface area contributed by atoms with Crippen molar-refractivity contribution in [3.05, 3.63) is 249 Å². The fourth-order valence-corrected chi connectivity index (χ4v) is 11.2. The number of hydrogen-bond donors (Lipinski definition) is 0. The first kappa shape index (κ1) is 37.0. The van der Waals surface area contributed by atoms with Gasteiger partial charge in [-0.25, -0.2) is 0 Å². The van der Waals surface area contributed by atoms with Gasteiger partial charge in [0.2, 0.25) is 0 Å². The molecule has 2 atom stereocenters. The molecule has 1 heterocycles. The molecule has 0 amide bonds. The van der Waals surface area contributed by atoms with Crippen LogP contribution in [0.15, 0.2) is 222 Å². The van der Waals surface area contributed by atoms with Gasteiger partial charge in [-0.2, -0.15) is 0 Å². The number of fused-ring (bicyclic) bond motifs is 4. The minimum Gasteiger partial charge on any atom is -0.311 e. The van der Waals surface area contributed by atoms with Gasteiger partial charge in [-0.05, 0) is 127 Å². The molecule has 3 aliphatic rings. The third-order valence-corrected chi connectivity index (χ3v) is 13.7. The number of nitrogens with zero attached hydrogens (tertiary/aromatic N) is 1. The standard InChI is InChI=1S/C57H47NS/c1-4-16-49(56-40(3)59-54-26-15-17-39(2)55(54)56)43-29-35-47(36-30-43)58(46-33-27-42(28-34-46)41-18-7-5-8-19-41)48-37-31-45(32-38-48)57(44-20-9-6-10-21-44)52-24-13-11-22-50(52)51-23-12-14-25-53(51)57/h5-39,55H,4H2,1-3H3/b49-16-. The van der Waals surface area contributed by atoms with Gasteiger partial charge in [0.25, 0.3) is 0 Å². The molecule has 10 rings (SSSR count). The fraction of sp³-hybridized carbons (Fsp3) is 0.123. The highest BCUT2D eigenvalue weighted by Gasteiger charge is 2.46. The Labute approximate surface area is 353 Å². The molecule has 1 aliphatic heterocycles. The number of benzene rings is 7. The Kier molecular flexibility index (Phi) is 9.67. The number of thioether (sulfide) groups is 1. The van der Waals surface area contributed by atoms with E-state index in [1.54, 1.807) is 0 Å². The summed E-state index contributed by atoms with van der Waals surface area (Å²) in [6.45, 7) is 6.92. The van der Waals surface area contributed by atoms with Gasteiger partial charge < -0.3 is 4.90 Å². The van der Waals surface area contributed by atoms with Crippen molar-refractivity contribution in [1.82, 2.24) is 0 Å². The monoisotopic (exact) mass is 777 g/mol. The Morgan fingerprint density at radius 3 is 1.71 bits per heavy atom. The Bertz CT molecular complexity index is 2720. The molecule has 0 spiro atoms. The minimum absolute atomic E-state index is 0.415. The van der Waals surface area contributed by atoms with Gasteiger partial charge in [-0.3, -0.25) is 0 Å². The van der Waals surface area contributed by atoms with Crippen LogP contribution in [0.5, 0.6) is 0 Å². The lowest BCUT2D eigenvalue weighted by Crippen LogP contribution is -2.28. The summed E-state index contributed by atoms with van der Waals surface area (Å²) in [5.74, 6) is 0.887. The van der Waals surface area contributed by atoms with Crippen LogP contribution in [-0.4, -0.2) is 0 Å². The Morgan fingerprint density at radius 2 is 1.10 bits per heavy atom. The lowest BCUT2D eigenvalue weighted by atomic mass is 9.68. The van der Waals surface area contributed by atoms with E-state index in [9.17, 15) is 0 Å². The Balaban J connectivity index is 1.08. The molecule has 0 saturated heterocycles. The van der Waals surface area contributed by atoms with Crippen molar-refractivity contribution in [2.75, 3.05) is 4.90 Å². The van der Waals surface area contributed by atoms with Crippen LogP contribution < -0.4 is 4.90 Å². The van der Waals surface area contributed by atoms with Crippen molar-refractivity contribution >= 4 is 34.4 Å². The maximum absolute atomic E-state index is 2.43. The van der Waals surface area contributed by atoms with E-state index in [0.717, 1.165) is 23.5 Å². The van der Waals surface area contributed by atoms with Crippen LogP contribution in [0.3, 0.4) is 0 Å². The minimum atomic E-state index is -0.440. The summed E-state index contributed by atoms with van der Waals surface area (Å²) < 4.78 is 0. The van der Waals surface area contributed by atoms with Crippen LogP contribution in [0.25, 0.3) is 27.8 Å². The van der Waals surface area contributed by atoms with E-state index in [2.05, 4.69) is 232 Å². The van der Waals surface area contributed by atoms with Gasteiger partial charge in [-0.15, -0.1) is 0 Å². The molecule has 2 heteroatoms. The topological polar surface area (TPSA) is 3.24 Å². The van der Waals surface area contributed by atoms with Crippen molar-refractivity contribution in [3.63, 3.8) is 0 Å². The number of allylic oxidation sites excluding steroid dienone is 8. The van der Waals surface area contributed by atoms with Crippen LogP contribution in [0.1, 0.15) is 55.0 Å². The lowest BCUT2D eigenvalue weighted by Gasteiger charge is -2.34. The van der Waals surface area contributed by atoms with Gasteiger partial charge in [-0.1, -0.05) is 196 Å². The maximum atomic E-state index is 2.43. The molecular weight excluding hydrogens is 731 g/mol. The van der Waals surface area contributed by atoms with Crippen LogP contribution >= 0.6 is 11.8 Å². The van der Waals surface area contributed by atoms with E-state index in [4.69, 9.17) is 0 Å². The van der Waals surface area contributed by atoms with Crippen molar-refractivity contribution < 1.29 is 0 Å². The average molecular weight is 778 g/mol. The van der Waals surface area contributed by atoms with Gasteiger partial charge in [0.05, 0.1) is 5.41 Å². The molecule has 0 bridgehead atoms. The van der Waals surface area contributed by atoms with Crippen LogP contribution in [0.2, 0.25) is 0 Å². The van der Waals surface area contributed by atoms with Crippen LogP contribution in [-0.2, 0) is 5.41 Å². The molecule has 59 heavy (non-hydrogen) atoms. The summed E-state index contributed by atoms with van der Waals surface area (Å²) in [5.41, 5.74) is 17.3. The first-order chi connectivity index (χ1) is 29.1. The highest BCUT2D eigenvalue weighted by atomic mass is 32.2. The van der Waals surface area contributed by atoms with E-state index in [1.807, 2.05) is 11.8 Å². The smallest absolute Gasteiger partial charge is 0.0713 e. The molecule has 0 aromatic heterocycles. The van der Waals surface area contributed by atoms with Crippen LogP contribution in [0, 0.1) is 11.8 Å². The summed E-state index contributed by atoms with van der Waals surface area (Å²) in [5, 5.41) is 0. The molecule has 0 N–H and O–H groups in total. The summed E-state index contributed by atoms with van der Waals surface area (Å²) in [4.78, 5) is 5.29. The second-order valence-corrected chi connectivity index (χ2v) is 17.2. The molecule has 0 fully saturated rings. The Morgan fingerprint density at radius 1 is 0.593 bits per heavy atom. The third-order valence-electron chi connectivity index (χ3n) is 12.6. The predicted molar refractivity (Wildman–Crippen MR) is 252 cm³/mol. The molecule has 286 valence electrons. The first-order valence-corrected chi connectivity index (χ1v) is 21.8. The molecular formula is C57H47NS. The molecule has 7 aromatic carbocycles. The second-order valence-electron chi connectivity index (χ2n) is 15.9. The van der Waals surface area contributed by atoms with Crippen molar-refractivity contribution in [2.24, 2.45) is 11.8 Å². The number of anilines is 3. The van der Waals surface area contributed by atoms with Gasteiger partial charge >= 0.3 is 0 Å². The zero-order valence-electron chi connectivity index (χ0n) is 33.8. The van der Waals surface area contributed by atoms with E-state index >= 15 is 0 Å². The number of hydrogen-bond acceptors (Lipinski definition) is 2. The second kappa shape index (κ2) is 15.4. The summed E-state index contributed by atoms with van der Waals surface area (Å²) in [6.07, 6.45) is 10.3. The largest absolute Gasteiger partial charge is 0.311 e. The highest BCUT2D eigenvalue weighted by Crippen LogP contribution is 2.57. The first-order valence-electron chi connectivity index (χ1n) is 20.9. The van der Waals surface area contributed by atoms with E-state index < -0.39 is 5.41 Å². The summed E-state index contributed by atoms with van der Waals surface area (Å²) in [7, 11) is 0. The molecule has 7 aromatic rings. The van der Waals surface area contributed by atoms with E-state index in [1.165, 1.54) is 71.0 Å². The lowest BCUT2D eigenvalue weighted by molar-refractivity contribution is 0.584. The Hall–Kier alpha value is -6.35. The zero-order valence-corrected chi connectivity index (χ0v) is 34.7. The average Bonchev–Trinajstić information content (AvgIpc) is 3.80. The van der Waals surface area contributed by atoms with E-state index in [-0.39, 0.29) is 0 Å². The molecule has 2 unspecified atom stereocenters. The molecule has 1 nitrogen and oxygen atoms in total. The molecule has 0 saturated carbocycles. The maximum Gasteiger partial charge on any atom is 0.0713 e. The summed E-state index contributed by atoms with van der Waals surface area (Å²) >= 11 is 1.95. The van der Waals surface area contributed by atoms with Crippen molar-refractivity contribution in [2.45, 2.75) is 32.6 Å². The van der Waals surface area contributed by atoms with Crippen LogP contribution in [0.4, 0.5) is 17.1 Å². The van der Waals surface area contributed by atoms with Crippen molar-refractivity contribution in [1.29, 1.82) is 0 Å². The molecule has 2 aliphatic carbocycles. The normalized spacial score (nSPS) is 17.6. The number of rotatable bonds is 9. The third kappa shape index (κ3) is 6.26. The van der Waals surface area contributed by atoms with E-state index in [0.29, 0.717) is 11.8 Å². The fourth-order valence-electron chi connectivity index (χ4n) is 9.94. The predicted octanol–water partition coefficient (Wildman–Crippen LogP) is 15.7. The van der Waals surface area contributed by atoms with Crippen molar-refractivity contribution in [3.8, 4) is 22.3 Å². The van der Waals surface area contributed by atoms with Gasteiger partial charge in [0, 0.05) is 23.0 Å². The summed E-state index contributed by atoms with van der Waals surface area (Å²) in [6, 6.07) is 67.3.